The van der Waals surface area contributed by atoms with Crippen molar-refractivity contribution in [2.24, 2.45) is 11.3 Å². The Bertz CT molecular complexity index is 541. The number of esters is 1. The van der Waals surface area contributed by atoms with Crippen molar-refractivity contribution in [1.29, 1.82) is 0 Å². The molecule has 0 spiro atoms. The molecule has 1 rings (SSSR count). The Labute approximate surface area is 167 Å². The molecule has 28 heavy (non-hydrogen) atoms. The van der Waals surface area contributed by atoms with Gasteiger partial charge >= 0.3 is 5.97 Å². The topological polar surface area (TPSA) is 114 Å². The molecule has 0 bridgehead atoms. The second-order valence-electron chi connectivity index (χ2n) is 7.94. The highest BCUT2D eigenvalue weighted by Crippen LogP contribution is 2.22. The van der Waals surface area contributed by atoms with Gasteiger partial charge in [0.25, 0.3) is 0 Å². The van der Waals surface area contributed by atoms with Crippen molar-refractivity contribution in [2.45, 2.75) is 52.5 Å². The fourth-order valence-corrected chi connectivity index (χ4v) is 2.63. The molecule has 0 aliphatic carbocycles. The van der Waals surface area contributed by atoms with Gasteiger partial charge in [0.1, 0.15) is 6.61 Å². The molecular formula is C20H34N2O6. The van der Waals surface area contributed by atoms with E-state index in [1.165, 1.54) is 0 Å². The van der Waals surface area contributed by atoms with Crippen LogP contribution < -0.4 is 10.6 Å². The first-order chi connectivity index (χ1) is 13.2. The molecule has 0 aromatic rings. The summed E-state index contributed by atoms with van der Waals surface area (Å²) in [5, 5.41) is 14.3. The van der Waals surface area contributed by atoms with Crippen LogP contribution in [0.4, 0.5) is 0 Å². The third-order valence-electron chi connectivity index (χ3n) is 4.48. The van der Waals surface area contributed by atoms with Crippen LogP contribution in [-0.4, -0.2) is 61.9 Å². The summed E-state index contributed by atoms with van der Waals surface area (Å²) in [5.74, 6) is -1.25. The number of cyclic esters (lactones) is 1. The molecule has 3 N–H and O–H groups in total. The standard InChI is InChI=1S/C20H34N2O6/c1-20(2,3)16-14-28-18(25)8-6-4-5-7-15(19(26)22-16)13-17(24)21-9-11-27-12-10-23/h4-5,15-16,23H,6-14H2,1-3H3,(H,21,24)(H,22,26)/t15-,16-/m1/s1. The number of rotatable bonds is 7. The number of carbonyl (C=O) groups excluding carboxylic acids is 3. The van der Waals surface area contributed by atoms with Gasteiger partial charge in [-0.25, -0.2) is 0 Å². The van der Waals surface area contributed by atoms with Crippen LogP contribution in [0.2, 0.25) is 0 Å². The minimum absolute atomic E-state index is 0.0623. The molecule has 1 aliphatic rings. The Morgan fingerprint density at radius 2 is 2.07 bits per heavy atom. The highest BCUT2D eigenvalue weighted by molar-refractivity contribution is 5.86. The van der Waals surface area contributed by atoms with Crippen LogP contribution in [-0.2, 0) is 23.9 Å². The first-order valence-corrected chi connectivity index (χ1v) is 9.80. The van der Waals surface area contributed by atoms with E-state index in [1.807, 2.05) is 32.9 Å². The van der Waals surface area contributed by atoms with E-state index in [-0.39, 0.29) is 55.5 Å². The van der Waals surface area contributed by atoms with Gasteiger partial charge in [-0.05, 0) is 18.3 Å². The number of allylic oxidation sites excluding steroid dienone is 2. The number of amides is 2. The number of hydrogen-bond donors (Lipinski definition) is 3. The maximum absolute atomic E-state index is 12.8. The predicted molar refractivity (Wildman–Crippen MR) is 104 cm³/mol. The molecule has 1 aliphatic heterocycles. The number of carbonyl (C=O) groups is 3. The minimum atomic E-state index is -0.505. The van der Waals surface area contributed by atoms with Crippen molar-refractivity contribution in [2.75, 3.05) is 33.0 Å². The molecule has 0 aromatic heterocycles. The lowest BCUT2D eigenvalue weighted by Gasteiger charge is -2.32. The summed E-state index contributed by atoms with van der Waals surface area (Å²) in [6.45, 7) is 6.79. The number of hydrogen-bond acceptors (Lipinski definition) is 6. The van der Waals surface area contributed by atoms with Gasteiger partial charge in [0, 0.05) is 19.4 Å². The summed E-state index contributed by atoms with van der Waals surface area (Å²) >= 11 is 0. The third-order valence-corrected chi connectivity index (χ3v) is 4.48. The number of aliphatic hydroxyl groups is 1. The summed E-state index contributed by atoms with van der Waals surface area (Å²) in [4.78, 5) is 36.8. The quantitative estimate of drug-likeness (QED) is 0.334. The second-order valence-corrected chi connectivity index (χ2v) is 7.94. The van der Waals surface area contributed by atoms with E-state index in [0.717, 1.165) is 0 Å². The normalized spacial score (nSPS) is 21.9. The average molecular weight is 399 g/mol. The molecule has 1 heterocycles. The molecule has 160 valence electrons. The van der Waals surface area contributed by atoms with Gasteiger partial charge in [0.15, 0.2) is 0 Å². The van der Waals surface area contributed by atoms with Crippen LogP contribution in [0.15, 0.2) is 12.2 Å². The predicted octanol–water partition coefficient (Wildman–Crippen LogP) is 0.932. The highest BCUT2D eigenvalue weighted by atomic mass is 16.5. The molecule has 0 saturated heterocycles. The lowest BCUT2D eigenvalue weighted by molar-refractivity contribution is -0.146. The number of aliphatic hydroxyl groups excluding tert-OH is 1. The van der Waals surface area contributed by atoms with Crippen LogP contribution in [0.3, 0.4) is 0 Å². The molecule has 2 atom stereocenters. The SMILES string of the molecule is CC(C)(C)[C@H]1COC(=O)CCC=CC[C@H](CC(=O)NCCOCCO)C(=O)N1. The lowest BCUT2D eigenvalue weighted by atomic mass is 9.86. The van der Waals surface area contributed by atoms with E-state index in [2.05, 4.69) is 10.6 Å². The van der Waals surface area contributed by atoms with E-state index in [1.54, 1.807) is 0 Å². The maximum Gasteiger partial charge on any atom is 0.306 e. The zero-order valence-electron chi connectivity index (χ0n) is 17.2. The fourth-order valence-electron chi connectivity index (χ4n) is 2.63. The number of nitrogens with one attached hydrogen (secondary N) is 2. The van der Waals surface area contributed by atoms with Gasteiger partial charge < -0.3 is 25.2 Å². The molecule has 0 aromatic carbocycles. The molecule has 8 nitrogen and oxygen atoms in total. The Balaban J connectivity index is 2.72. The Morgan fingerprint density at radius 1 is 1.32 bits per heavy atom. The monoisotopic (exact) mass is 398 g/mol. The zero-order valence-corrected chi connectivity index (χ0v) is 17.2. The van der Waals surface area contributed by atoms with E-state index in [9.17, 15) is 14.4 Å². The van der Waals surface area contributed by atoms with Crippen LogP contribution in [0.1, 0.15) is 46.5 Å². The van der Waals surface area contributed by atoms with Crippen LogP contribution in [0.5, 0.6) is 0 Å². The van der Waals surface area contributed by atoms with Gasteiger partial charge in [-0.3, -0.25) is 14.4 Å². The highest BCUT2D eigenvalue weighted by Gasteiger charge is 2.31. The average Bonchev–Trinajstić information content (AvgIpc) is 2.61. The Hall–Kier alpha value is -1.93. The van der Waals surface area contributed by atoms with Crippen molar-refractivity contribution in [1.82, 2.24) is 10.6 Å². The first-order valence-electron chi connectivity index (χ1n) is 9.80. The molecule has 8 heteroatoms. The van der Waals surface area contributed by atoms with E-state index < -0.39 is 5.92 Å². The van der Waals surface area contributed by atoms with Gasteiger partial charge in [0.05, 0.1) is 31.8 Å². The summed E-state index contributed by atoms with van der Waals surface area (Å²) in [6, 6.07) is -0.343. The van der Waals surface area contributed by atoms with Crippen molar-refractivity contribution in [3.8, 4) is 0 Å². The van der Waals surface area contributed by atoms with Crippen LogP contribution in [0.25, 0.3) is 0 Å². The molecule has 0 unspecified atom stereocenters. The van der Waals surface area contributed by atoms with Gasteiger partial charge in [-0.15, -0.1) is 0 Å². The van der Waals surface area contributed by atoms with Crippen LogP contribution >= 0.6 is 0 Å². The molecule has 0 fully saturated rings. The van der Waals surface area contributed by atoms with E-state index >= 15 is 0 Å². The van der Waals surface area contributed by atoms with E-state index in [4.69, 9.17) is 14.6 Å². The summed E-state index contributed by atoms with van der Waals surface area (Å²) in [6.07, 6.45) is 4.99. The third kappa shape index (κ3) is 9.85. The van der Waals surface area contributed by atoms with Crippen molar-refractivity contribution in [3.05, 3.63) is 12.2 Å². The van der Waals surface area contributed by atoms with Gasteiger partial charge in [-0.1, -0.05) is 32.9 Å². The van der Waals surface area contributed by atoms with Gasteiger partial charge in [-0.2, -0.15) is 0 Å². The molecule has 0 saturated carbocycles. The second kappa shape index (κ2) is 12.5. The van der Waals surface area contributed by atoms with Crippen molar-refractivity contribution < 1.29 is 29.0 Å². The van der Waals surface area contributed by atoms with Crippen molar-refractivity contribution in [3.63, 3.8) is 0 Å². The molecule has 0 radical (unpaired) electrons. The minimum Gasteiger partial charge on any atom is -0.463 e. The largest absolute Gasteiger partial charge is 0.463 e. The van der Waals surface area contributed by atoms with Crippen LogP contribution in [0, 0.1) is 11.3 Å². The summed E-state index contributed by atoms with van der Waals surface area (Å²) < 4.78 is 10.4. The fraction of sp³-hybridized carbons (Fsp3) is 0.750. The number of ether oxygens (including phenoxy) is 2. The molecular weight excluding hydrogens is 364 g/mol. The maximum atomic E-state index is 12.8. The zero-order chi connectivity index (χ0) is 21.0. The lowest BCUT2D eigenvalue weighted by Crippen LogP contribution is -2.49. The van der Waals surface area contributed by atoms with E-state index in [0.29, 0.717) is 32.4 Å². The summed E-state index contributed by atoms with van der Waals surface area (Å²) in [5.41, 5.74) is -0.299. The Morgan fingerprint density at radius 3 is 2.75 bits per heavy atom. The smallest absolute Gasteiger partial charge is 0.306 e. The first kappa shape index (κ1) is 24.1. The Kier molecular flexibility index (Phi) is 10.8. The summed E-state index contributed by atoms with van der Waals surface area (Å²) in [7, 11) is 0. The van der Waals surface area contributed by atoms with Crippen molar-refractivity contribution >= 4 is 17.8 Å². The molecule has 2 amide bonds. The van der Waals surface area contributed by atoms with Gasteiger partial charge in [0.2, 0.25) is 11.8 Å².